The van der Waals surface area contributed by atoms with Crippen molar-refractivity contribution in [3.63, 3.8) is 0 Å². The maximum Gasteiger partial charge on any atom is 0.248 e. The van der Waals surface area contributed by atoms with Crippen LogP contribution in [0.2, 0.25) is 0 Å². The van der Waals surface area contributed by atoms with Gasteiger partial charge in [-0.1, -0.05) is 54.6 Å². The molecule has 0 aliphatic heterocycles. The van der Waals surface area contributed by atoms with E-state index in [4.69, 9.17) is 0 Å². The van der Waals surface area contributed by atoms with E-state index in [2.05, 4.69) is 107 Å². The fourth-order valence-electron chi connectivity index (χ4n) is 5.10. The van der Waals surface area contributed by atoms with E-state index in [9.17, 15) is 15.0 Å². The number of hydrogen-bond donors (Lipinski definition) is 5. The summed E-state index contributed by atoms with van der Waals surface area (Å²) in [5, 5.41) is 28.3. The number of rotatable bonds is 11. The molecule has 0 aliphatic rings. The molecule has 7 nitrogen and oxygen atoms in total. The minimum Gasteiger partial charge on any atom is -0.506 e. The summed E-state index contributed by atoms with van der Waals surface area (Å²) in [5.74, 6) is -0.0161. The van der Waals surface area contributed by atoms with E-state index in [1.807, 2.05) is 0 Å². The number of benzene rings is 4. The maximum absolute atomic E-state index is 11.6. The Balaban J connectivity index is 1.16. The summed E-state index contributed by atoms with van der Waals surface area (Å²) in [6.45, 7) is 1.94. The zero-order valence-electron chi connectivity index (χ0n) is 23.4. The normalized spacial score (nSPS) is 12.1. The summed E-state index contributed by atoms with van der Waals surface area (Å²) >= 11 is 0. The van der Waals surface area contributed by atoms with E-state index in [1.54, 1.807) is 12.1 Å². The van der Waals surface area contributed by atoms with Crippen molar-refractivity contribution in [2.75, 3.05) is 32.5 Å². The second-order valence-electron chi connectivity index (χ2n) is 10.6. The van der Waals surface area contributed by atoms with E-state index in [0.29, 0.717) is 29.6 Å². The lowest BCUT2D eigenvalue weighted by molar-refractivity contribution is 0.176. The maximum atomic E-state index is 11.6. The van der Waals surface area contributed by atoms with E-state index < -0.39 is 6.10 Å². The van der Waals surface area contributed by atoms with Gasteiger partial charge in [0.2, 0.25) is 5.56 Å². The number of H-pyrrole nitrogens is 1. The first-order chi connectivity index (χ1) is 19.9. The second kappa shape index (κ2) is 12.8. The first-order valence-electron chi connectivity index (χ1n) is 13.8. The fraction of sp³-hybridized carbons (Fsp3) is 0.206. The average Bonchev–Trinajstić information content (AvgIpc) is 2.97. The highest BCUT2D eigenvalue weighted by Gasteiger charge is 2.14. The van der Waals surface area contributed by atoms with Gasteiger partial charge in [0, 0.05) is 35.9 Å². The zero-order chi connectivity index (χ0) is 28.8. The van der Waals surface area contributed by atoms with Crippen LogP contribution in [-0.2, 0) is 13.0 Å². The molecule has 5 N–H and O–H groups in total. The number of phenols is 1. The van der Waals surface area contributed by atoms with Crippen molar-refractivity contribution in [1.29, 1.82) is 0 Å². The highest BCUT2D eigenvalue weighted by molar-refractivity contribution is 5.87. The average molecular weight is 549 g/mol. The van der Waals surface area contributed by atoms with Crippen LogP contribution in [0.4, 0.5) is 11.4 Å². The lowest BCUT2D eigenvalue weighted by Crippen LogP contribution is -2.24. The molecule has 5 rings (SSSR count). The van der Waals surface area contributed by atoms with Crippen LogP contribution in [0.3, 0.4) is 0 Å². The number of aliphatic hydroxyl groups is 1. The number of aromatic hydroxyl groups is 1. The van der Waals surface area contributed by atoms with Gasteiger partial charge in [-0.15, -0.1) is 0 Å². The summed E-state index contributed by atoms with van der Waals surface area (Å²) in [4.78, 5) is 16.5. The number of nitrogens with zero attached hydrogens (tertiary/aromatic N) is 1. The van der Waals surface area contributed by atoms with Crippen molar-refractivity contribution in [3.05, 3.63) is 124 Å². The van der Waals surface area contributed by atoms with Crippen molar-refractivity contribution < 1.29 is 10.2 Å². The Morgan fingerprint density at radius 2 is 1.68 bits per heavy atom. The predicted octanol–water partition coefficient (Wildman–Crippen LogP) is 5.57. The van der Waals surface area contributed by atoms with Gasteiger partial charge in [0.1, 0.15) is 5.75 Å². The van der Waals surface area contributed by atoms with Crippen LogP contribution >= 0.6 is 0 Å². The highest BCUT2D eigenvalue weighted by Crippen LogP contribution is 2.29. The Morgan fingerprint density at radius 1 is 0.878 bits per heavy atom. The third-order valence-electron chi connectivity index (χ3n) is 7.11. The lowest BCUT2D eigenvalue weighted by atomic mass is 9.99. The molecule has 41 heavy (non-hydrogen) atoms. The molecule has 0 saturated carbocycles. The Labute approximate surface area is 240 Å². The molecule has 1 aromatic heterocycles. The van der Waals surface area contributed by atoms with Crippen LogP contribution < -0.4 is 16.2 Å². The molecule has 7 heteroatoms. The summed E-state index contributed by atoms with van der Waals surface area (Å²) in [6.07, 6.45) is 0.0376. The molecular formula is C34H36N4O3. The quantitative estimate of drug-likeness (QED) is 0.138. The molecule has 1 atom stereocenters. The van der Waals surface area contributed by atoms with Gasteiger partial charge < -0.3 is 30.7 Å². The zero-order valence-corrected chi connectivity index (χ0v) is 23.4. The van der Waals surface area contributed by atoms with Crippen molar-refractivity contribution in [3.8, 4) is 16.9 Å². The summed E-state index contributed by atoms with van der Waals surface area (Å²) < 4.78 is 0. The number of aromatic nitrogens is 1. The van der Waals surface area contributed by atoms with Gasteiger partial charge in [0.15, 0.2) is 0 Å². The first kappa shape index (κ1) is 28.1. The number of phenolic OH excluding ortho intramolecular Hbond substituents is 1. The van der Waals surface area contributed by atoms with Crippen molar-refractivity contribution in [2.45, 2.75) is 19.1 Å². The molecular weight excluding hydrogens is 512 g/mol. The number of aliphatic hydroxyl groups excluding tert-OH is 1. The minimum absolute atomic E-state index is 0.0161. The van der Waals surface area contributed by atoms with Crippen molar-refractivity contribution >= 4 is 22.3 Å². The van der Waals surface area contributed by atoms with Crippen LogP contribution in [0.25, 0.3) is 22.0 Å². The molecule has 0 unspecified atom stereocenters. The number of aromatic amines is 1. The fourth-order valence-corrected chi connectivity index (χ4v) is 5.10. The molecule has 0 aliphatic carbocycles. The van der Waals surface area contributed by atoms with Gasteiger partial charge in [0.25, 0.3) is 0 Å². The number of anilines is 2. The second-order valence-corrected chi connectivity index (χ2v) is 10.6. The molecule has 0 radical (unpaired) electrons. The van der Waals surface area contributed by atoms with Gasteiger partial charge in [-0.05, 0) is 91.3 Å². The summed E-state index contributed by atoms with van der Waals surface area (Å²) in [7, 11) is 4.17. The smallest absolute Gasteiger partial charge is 0.248 e. The SMILES string of the molecule is CN(C)Cc1ccccc1-c1cccc(Nc2ccc(CCNC[C@H](O)c3ccc(O)c4[nH]c(=O)ccc34)cc2)c1. The van der Waals surface area contributed by atoms with Crippen LogP contribution in [0.15, 0.2) is 102 Å². The number of fused-ring (bicyclic) bond motifs is 1. The molecule has 210 valence electrons. The van der Waals surface area contributed by atoms with Gasteiger partial charge >= 0.3 is 0 Å². The van der Waals surface area contributed by atoms with Crippen molar-refractivity contribution in [1.82, 2.24) is 15.2 Å². The van der Waals surface area contributed by atoms with Gasteiger partial charge in [-0.2, -0.15) is 0 Å². The standard InChI is InChI=1S/C34H36N4O3/c1-38(2)22-25-6-3-4-9-28(25)24-7-5-8-27(20-24)36-26-12-10-23(11-13-26)18-19-35-21-32(40)29-14-16-31(39)34-30(29)15-17-33(41)37-34/h3-17,20,32,35-36,39-40H,18-19,21-22H2,1-2H3,(H,37,41)/t32-/m0/s1. The van der Waals surface area contributed by atoms with Gasteiger partial charge in [-0.25, -0.2) is 0 Å². The van der Waals surface area contributed by atoms with Crippen LogP contribution in [-0.4, -0.2) is 47.3 Å². The van der Waals surface area contributed by atoms with Gasteiger partial charge in [-0.3, -0.25) is 4.79 Å². The Kier molecular flexibility index (Phi) is 8.79. The topological polar surface area (TPSA) is 101 Å². The minimum atomic E-state index is -0.777. The lowest BCUT2D eigenvalue weighted by Gasteiger charge is -2.16. The monoisotopic (exact) mass is 548 g/mol. The van der Waals surface area contributed by atoms with E-state index in [-0.39, 0.29) is 11.3 Å². The Hall–Kier alpha value is -4.43. The predicted molar refractivity (Wildman–Crippen MR) is 167 cm³/mol. The molecule has 0 spiro atoms. The van der Waals surface area contributed by atoms with Gasteiger partial charge in [0.05, 0.1) is 11.6 Å². The molecule has 4 aromatic carbocycles. The molecule has 0 saturated heterocycles. The molecule has 0 amide bonds. The third-order valence-corrected chi connectivity index (χ3v) is 7.11. The van der Waals surface area contributed by atoms with Crippen LogP contribution in [0, 0.1) is 0 Å². The number of pyridine rings is 1. The number of nitrogens with one attached hydrogen (secondary N) is 3. The summed E-state index contributed by atoms with van der Waals surface area (Å²) in [6, 6.07) is 31.6. The third kappa shape index (κ3) is 7.02. The molecule has 1 heterocycles. The molecule has 0 bridgehead atoms. The highest BCUT2D eigenvalue weighted by atomic mass is 16.3. The summed E-state index contributed by atoms with van der Waals surface area (Å²) in [5.41, 5.74) is 7.67. The Morgan fingerprint density at radius 3 is 2.49 bits per heavy atom. The molecule has 5 aromatic rings. The molecule has 0 fully saturated rings. The largest absolute Gasteiger partial charge is 0.506 e. The van der Waals surface area contributed by atoms with E-state index in [1.165, 1.54) is 34.4 Å². The first-order valence-corrected chi connectivity index (χ1v) is 13.8. The van der Waals surface area contributed by atoms with E-state index in [0.717, 1.165) is 24.3 Å². The van der Waals surface area contributed by atoms with Crippen LogP contribution in [0.1, 0.15) is 22.8 Å². The van der Waals surface area contributed by atoms with E-state index >= 15 is 0 Å². The Bertz CT molecular complexity index is 1680. The number of hydrogen-bond acceptors (Lipinski definition) is 6. The van der Waals surface area contributed by atoms with Crippen LogP contribution in [0.5, 0.6) is 5.75 Å². The van der Waals surface area contributed by atoms with Crippen molar-refractivity contribution in [2.24, 2.45) is 0 Å².